The minimum absolute atomic E-state index is 0.0737. The van der Waals surface area contributed by atoms with Crippen molar-refractivity contribution < 1.29 is 23.5 Å². The van der Waals surface area contributed by atoms with Gasteiger partial charge >= 0.3 is 12.0 Å². The zero-order valence-electron chi connectivity index (χ0n) is 13.1. The number of methoxy groups -OCH3 is 1. The quantitative estimate of drug-likeness (QED) is 0.569. The molecule has 1 saturated carbocycles. The molecule has 1 aromatic carbocycles. The third-order valence-electron chi connectivity index (χ3n) is 3.44. The number of halogens is 1. The second kappa shape index (κ2) is 8.47. The van der Waals surface area contributed by atoms with Crippen LogP contribution in [0, 0.1) is 11.7 Å². The Morgan fingerprint density at radius 2 is 2.13 bits per heavy atom. The summed E-state index contributed by atoms with van der Waals surface area (Å²) in [5.74, 6) is -0.502. The Morgan fingerprint density at radius 1 is 1.35 bits per heavy atom. The molecule has 2 amide bonds. The molecule has 1 aliphatic carbocycles. The first-order valence-electron chi connectivity index (χ1n) is 7.60. The van der Waals surface area contributed by atoms with Crippen molar-refractivity contribution in [3.8, 4) is 0 Å². The van der Waals surface area contributed by atoms with Crippen molar-refractivity contribution >= 4 is 17.7 Å². The summed E-state index contributed by atoms with van der Waals surface area (Å²) < 4.78 is 23.7. The molecule has 0 radical (unpaired) electrons. The average molecular weight is 324 g/mol. The fourth-order valence-corrected chi connectivity index (χ4v) is 1.94. The van der Waals surface area contributed by atoms with Gasteiger partial charge in [-0.05, 0) is 43.4 Å². The summed E-state index contributed by atoms with van der Waals surface area (Å²) in [6.45, 7) is 1.80. The minimum atomic E-state index is -0.624. The lowest BCUT2D eigenvalue weighted by Crippen LogP contribution is -2.30. The summed E-state index contributed by atoms with van der Waals surface area (Å²) in [4.78, 5) is 23.1. The van der Waals surface area contributed by atoms with Gasteiger partial charge in [0.1, 0.15) is 5.82 Å². The van der Waals surface area contributed by atoms with Crippen LogP contribution in [0.4, 0.5) is 14.9 Å². The smallest absolute Gasteiger partial charge is 0.337 e. The predicted octanol–water partition coefficient (Wildman–Crippen LogP) is 2.55. The maximum Gasteiger partial charge on any atom is 0.337 e. The zero-order valence-corrected chi connectivity index (χ0v) is 13.1. The molecular weight excluding hydrogens is 303 g/mol. The Labute approximate surface area is 134 Å². The number of hydrogen-bond acceptors (Lipinski definition) is 4. The second-order valence-corrected chi connectivity index (χ2v) is 5.44. The number of urea groups is 1. The summed E-state index contributed by atoms with van der Waals surface area (Å²) in [5, 5.41) is 4.99. The maximum absolute atomic E-state index is 13.7. The Balaban J connectivity index is 1.72. The molecule has 0 heterocycles. The van der Waals surface area contributed by atoms with Gasteiger partial charge in [0.2, 0.25) is 0 Å². The van der Waals surface area contributed by atoms with Gasteiger partial charge in [-0.25, -0.2) is 14.0 Å². The topological polar surface area (TPSA) is 76.7 Å². The van der Waals surface area contributed by atoms with Gasteiger partial charge in [-0.1, -0.05) is 0 Å². The molecule has 7 heteroatoms. The zero-order chi connectivity index (χ0) is 16.7. The summed E-state index contributed by atoms with van der Waals surface area (Å²) in [6.07, 6.45) is 3.18. The van der Waals surface area contributed by atoms with E-state index in [-0.39, 0.29) is 11.3 Å². The van der Waals surface area contributed by atoms with Gasteiger partial charge in [0.15, 0.2) is 0 Å². The lowest BCUT2D eigenvalue weighted by atomic mass is 10.2. The summed E-state index contributed by atoms with van der Waals surface area (Å²) >= 11 is 0. The van der Waals surface area contributed by atoms with Gasteiger partial charge in [-0.3, -0.25) is 0 Å². The maximum atomic E-state index is 13.7. The van der Waals surface area contributed by atoms with Gasteiger partial charge in [0.05, 0.1) is 18.4 Å². The van der Waals surface area contributed by atoms with E-state index in [9.17, 15) is 14.0 Å². The molecule has 23 heavy (non-hydrogen) atoms. The number of ether oxygens (including phenoxy) is 2. The number of nitrogens with one attached hydrogen (secondary N) is 2. The number of hydrogen-bond donors (Lipinski definition) is 2. The van der Waals surface area contributed by atoms with Crippen LogP contribution in [-0.4, -0.2) is 38.9 Å². The SMILES string of the molecule is COC(=O)c1ccc(F)c(NC(=O)NCCCOCC2CC2)c1. The number of carbonyl (C=O) groups is 2. The van der Waals surface area contributed by atoms with Crippen molar-refractivity contribution in [2.24, 2.45) is 5.92 Å². The van der Waals surface area contributed by atoms with Gasteiger partial charge < -0.3 is 20.1 Å². The highest BCUT2D eigenvalue weighted by Crippen LogP contribution is 2.28. The molecule has 2 N–H and O–H groups in total. The average Bonchev–Trinajstić information content (AvgIpc) is 3.36. The van der Waals surface area contributed by atoms with E-state index in [1.165, 1.54) is 32.1 Å². The third-order valence-corrected chi connectivity index (χ3v) is 3.44. The van der Waals surface area contributed by atoms with Gasteiger partial charge in [0, 0.05) is 19.8 Å². The highest BCUT2D eigenvalue weighted by Gasteiger charge is 2.20. The van der Waals surface area contributed by atoms with Crippen LogP contribution in [0.5, 0.6) is 0 Å². The van der Waals surface area contributed by atoms with E-state index in [0.717, 1.165) is 18.6 Å². The van der Waals surface area contributed by atoms with E-state index in [1.807, 2.05) is 0 Å². The first-order valence-corrected chi connectivity index (χ1v) is 7.60. The monoisotopic (exact) mass is 324 g/mol. The van der Waals surface area contributed by atoms with Crippen molar-refractivity contribution in [1.82, 2.24) is 5.32 Å². The lowest BCUT2D eigenvalue weighted by molar-refractivity contribution is 0.0600. The van der Waals surface area contributed by atoms with Crippen molar-refractivity contribution in [1.29, 1.82) is 0 Å². The molecule has 1 fully saturated rings. The molecule has 1 aromatic rings. The number of carbonyl (C=O) groups excluding carboxylic acids is 2. The highest BCUT2D eigenvalue weighted by atomic mass is 19.1. The summed E-state index contributed by atoms with van der Waals surface area (Å²) in [6, 6.07) is 3.10. The first-order chi connectivity index (χ1) is 11.1. The molecule has 126 valence electrons. The standard InChI is InChI=1S/C16H21FN2O4/c1-22-15(20)12-5-6-13(17)14(9-12)19-16(21)18-7-2-8-23-10-11-3-4-11/h5-6,9,11H,2-4,7-8,10H2,1H3,(H2,18,19,21). The van der Waals surface area contributed by atoms with Crippen molar-refractivity contribution in [3.05, 3.63) is 29.6 Å². The second-order valence-electron chi connectivity index (χ2n) is 5.44. The molecule has 0 atom stereocenters. The predicted molar refractivity (Wildman–Crippen MR) is 82.9 cm³/mol. The highest BCUT2D eigenvalue weighted by molar-refractivity contribution is 5.94. The van der Waals surface area contributed by atoms with E-state index >= 15 is 0 Å². The van der Waals surface area contributed by atoms with Crippen LogP contribution < -0.4 is 10.6 Å². The molecule has 0 unspecified atom stereocenters. The van der Waals surface area contributed by atoms with Crippen LogP contribution in [0.1, 0.15) is 29.6 Å². The molecule has 6 nitrogen and oxygen atoms in total. The molecule has 0 aromatic heterocycles. The van der Waals surface area contributed by atoms with Crippen molar-refractivity contribution in [3.63, 3.8) is 0 Å². The van der Waals surface area contributed by atoms with Gasteiger partial charge in [-0.15, -0.1) is 0 Å². The van der Waals surface area contributed by atoms with Crippen molar-refractivity contribution in [2.75, 3.05) is 32.2 Å². The van der Waals surface area contributed by atoms with Crippen LogP contribution in [-0.2, 0) is 9.47 Å². The molecular formula is C16H21FN2O4. The molecule has 1 aliphatic rings. The van der Waals surface area contributed by atoms with E-state index < -0.39 is 17.8 Å². The van der Waals surface area contributed by atoms with Crippen LogP contribution in [0.25, 0.3) is 0 Å². The summed E-state index contributed by atoms with van der Waals surface area (Å²) in [7, 11) is 1.23. The normalized spacial score (nSPS) is 13.5. The first kappa shape index (κ1) is 17.2. The Morgan fingerprint density at radius 3 is 2.83 bits per heavy atom. The number of amides is 2. The fourth-order valence-electron chi connectivity index (χ4n) is 1.94. The van der Waals surface area contributed by atoms with Crippen LogP contribution in [0.15, 0.2) is 18.2 Å². The lowest BCUT2D eigenvalue weighted by Gasteiger charge is -2.10. The third kappa shape index (κ3) is 5.86. The molecule has 0 bridgehead atoms. The molecule has 0 aliphatic heterocycles. The minimum Gasteiger partial charge on any atom is -0.465 e. The Bertz CT molecular complexity index is 561. The Hall–Kier alpha value is -2.15. The summed E-state index contributed by atoms with van der Waals surface area (Å²) in [5.41, 5.74) is 0.0908. The van der Waals surface area contributed by atoms with Crippen LogP contribution in [0.3, 0.4) is 0 Å². The fraction of sp³-hybridized carbons (Fsp3) is 0.500. The number of anilines is 1. The van der Waals surface area contributed by atoms with Gasteiger partial charge in [0.25, 0.3) is 0 Å². The number of benzene rings is 1. The number of rotatable bonds is 8. The van der Waals surface area contributed by atoms with Crippen molar-refractivity contribution in [2.45, 2.75) is 19.3 Å². The molecule has 0 saturated heterocycles. The van der Waals surface area contributed by atoms with Gasteiger partial charge in [-0.2, -0.15) is 0 Å². The largest absolute Gasteiger partial charge is 0.465 e. The van der Waals surface area contributed by atoms with E-state index in [1.54, 1.807) is 0 Å². The van der Waals surface area contributed by atoms with E-state index in [4.69, 9.17) is 4.74 Å². The molecule has 2 rings (SSSR count). The number of esters is 1. The van der Waals surface area contributed by atoms with Crippen LogP contribution >= 0.6 is 0 Å². The van der Waals surface area contributed by atoms with Crippen LogP contribution in [0.2, 0.25) is 0 Å². The van der Waals surface area contributed by atoms with E-state index in [2.05, 4.69) is 15.4 Å². The Kier molecular flexibility index (Phi) is 6.34. The molecule has 0 spiro atoms. The van der Waals surface area contributed by atoms with E-state index in [0.29, 0.717) is 19.6 Å².